The number of amides is 1. The molecule has 1 heterocycles. The molecular formula is C13H16FNO. The van der Waals surface area contributed by atoms with E-state index >= 15 is 0 Å². The molecule has 0 saturated carbocycles. The molecular weight excluding hydrogens is 205 g/mol. The van der Waals surface area contributed by atoms with Crippen LogP contribution in [0.15, 0.2) is 24.3 Å². The Bertz CT molecular complexity index is 355. The molecule has 1 fully saturated rings. The molecule has 1 amide bonds. The van der Waals surface area contributed by atoms with Crippen molar-refractivity contribution in [2.45, 2.75) is 25.7 Å². The van der Waals surface area contributed by atoms with Crippen molar-refractivity contribution < 1.29 is 9.18 Å². The Labute approximate surface area is 95.1 Å². The van der Waals surface area contributed by atoms with Crippen LogP contribution in [0.4, 0.5) is 4.39 Å². The minimum atomic E-state index is -0.255. The van der Waals surface area contributed by atoms with Gasteiger partial charge < -0.3 is 4.90 Å². The van der Waals surface area contributed by atoms with Crippen molar-refractivity contribution in [1.29, 1.82) is 0 Å². The Hall–Kier alpha value is -1.38. The van der Waals surface area contributed by atoms with E-state index in [9.17, 15) is 9.18 Å². The third-order valence-corrected chi connectivity index (χ3v) is 2.98. The third kappa shape index (κ3) is 2.81. The fraction of sp³-hybridized carbons (Fsp3) is 0.462. The van der Waals surface area contributed by atoms with E-state index < -0.39 is 0 Å². The molecule has 0 spiro atoms. The maximum absolute atomic E-state index is 12.7. The number of hydrogen-bond acceptors (Lipinski definition) is 1. The lowest BCUT2D eigenvalue weighted by Crippen LogP contribution is -2.36. The Balaban J connectivity index is 1.93. The topological polar surface area (TPSA) is 20.3 Å². The van der Waals surface area contributed by atoms with Gasteiger partial charge in [-0.25, -0.2) is 4.39 Å². The number of halogens is 1. The van der Waals surface area contributed by atoms with Crippen LogP contribution in [-0.4, -0.2) is 23.9 Å². The van der Waals surface area contributed by atoms with Gasteiger partial charge in [-0.2, -0.15) is 0 Å². The second kappa shape index (κ2) is 5.10. The van der Waals surface area contributed by atoms with E-state index in [0.29, 0.717) is 6.42 Å². The van der Waals surface area contributed by atoms with Crippen molar-refractivity contribution in [3.8, 4) is 0 Å². The standard InChI is InChI=1S/C13H16FNO/c14-12-6-4-11(5-7-12)10-13(16)15-8-2-1-3-9-15/h4-7H,1-3,8-10H2. The van der Waals surface area contributed by atoms with Crippen LogP contribution in [0.1, 0.15) is 24.8 Å². The molecule has 0 N–H and O–H groups in total. The number of hydrogen-bond donors (Lipinski definition) is 0. The van der Waals surface area contributed by atoms with E-state index in [0.717, 1.165) is 31.5 Å². The third-order valence-electron chi connectivity index (χ3n) is 2.98. The molecule has 1 aromatic rings. The Morgan fingerprint density at radius 3 is 2.38 bits per heavy atom. The molecule has 1 aromatic carbocycles. The predicted molar refractivity (Wildman–Crippen MR) is 60.5 cm³/mol. The van der Waals surface area contributed by atoms with Crippen molar-refractivity contribution in [1.82, 2.24) is 4.90 Å². The van der Waals surface area contributed by atoms with E-state index in [2.05, 4.69) is 0 Å². The highest BCUT2D eigenvalue weighted by Crippen LogP contribution is 2.11. The summed E-state index contributed by atoms with van der Waals surface area (Å²) in [4.78, 5) is 13.8. The average molecular weight is 221 g/mol. The van der Waals surface area contributed by atoms with Gasteiger partial charge in [0, 0.05) is 13.1 Å². The molecule has 0 unspecified atom stereocenters. The van der Waals surface area contributed by atoms with Crippen molar-refractivity contribution in [2.24, 2.45) is 0 Å². The quantitative estimate of drug-likeness (QED) is 0.751. The number of nitrogens with zero attached hydrogens (tertiary/aromatic N) is 1. The molecule has 1 aliphatic rings. The Kier molecular flexibility index (Phi) is 3.54. The van der Waals surface area contributed by atoms with Gasteiger partial charge >= 0.3 is 0 Å². The summed E-state index contributed by atoms with van der Waals surface area (Å²) in [5.74, 6) is -0.0968. The van der Waals surface area contributed by atoms with Crippen LogP contribution >= 0.6 is 0 Å². The molecule has 0 aliphatic carbocycles. The zero-order valence-corrected chi connectivity index (χ0v) is 9.29. The van der Waals surface area contributed by atoms with E-state index in [1.807, 2.05) is 4.90 Å². The predicted octanol–water partition coefficient (Wildman–Crippen LogP) is 2.38. The van der Waals surface area contributed by atoms with Gasteiger partial charge in [0.05, 0.1) is 6.42 Å². The lowest BCUT2D eigenvalue weighted by molar-refractivity contribution is -0.131. The van der Waals surface area contributed by atoms with E-state index in [4.69, 9.17) is 0 Å². The zero-order valence-electron chi connectivity index (χ0n) is 9.29. The molecule has 86 valence electrons. The summed E-state index contributed by atoms with van der Waals surface area (Å²) in [5, 5.41) is 0. The normalized spacial score (nSPS) is 16.2. The smallest absolute Gasteiger partial charge is 0.226 e. The largest absolute Gasteiger partial charge is 0.342 e. The maximum atomic E-state index is 12.7. The van der Waals surface area contributed by atoms with Crippen LogP contribution in [0.25, 0.3) is 0 Å². The molecule has 2 rings (SSSR count). The van der Waals surface area contributed by atoms with Crippen molar-refractivity contribution in [3.63, 3.8) is 0 Å². The average Bonchev–Trinajstić information content (AvgIpc) is 2.33. The first kappa shape index (κ1) is 11.1. The Morgan fingerprint density at radius 1 is 1.12 bits per heavy atom. The number of carbonyl (C=O) groups excluding carboxylic acids is 1. The first-order chi connectivity index (χ1) is 7.75. The zero-order chi connectivity index (χ0) is 11.4. The van der Waals surface area contributed by atoms with Crippen LogP contribution in [0.3, 0.4) is 0 Å². The first-order valence-electron chi connectivity index (χ1n) is 5.78. The molecule has 0 bridgehead atoms. The Morgan fingerprint density at radius 2 is 1.75 bits per heavy atom. The van der Waals surface area contributed by atoms with Crippen molar-refractivity contribution in [2.75, 3.05) is 13.1 Å². The highest BCUT2D eigenvalue weighted by Gasteiger charge is 2.16. The fourth-order valence-corrected chi connectivity index (χ4v) is 2.03. The summed E-state index contributed by atoms with van der Waals surface area (Å²) in [6, 6.07) is 6.16. The van der Waals surface area contributed by atoms with Gasteiger partial charge in [-0.15, -0.1) is 0 Å². The number of likely N-dealkylation sites (tertiary alicyclic amines) is 1. The first-order valence-corrected chi connectivity index (χ1v) is 5.78. The summed E-state index contributed by atoms with van der Waals surface area (Å²) in [6.45, 7) is 1.75. The summed E-state index contributed by atoms with van der Waals surface area (Å²) in [7, 11) is 0. The fourth-order valence-electron chi connectivity index (χ4n) is 2.03. The van der Waals surface area contributed by atoms with Crippen LogP contribution in [0, 0.1) is 5.82 Å². The minimum Gasteiger partial charge on any atom is -0.342 e. The summed E-state index contributed by atoms with van der Waals surface area (Å²) in [6.07, 6.45) is 3.82. The van der Waals surface area contributed by atoms with Crippen LogP contribution in [-0.2, 0) is 11.2 Å². The molecule has 0 radical (unpaired) electrons. The highest BCUT2D eigenvalue weighted by atomic mass is 19.1. The summed E-state index contributed by atoms with van der Waals surface area (Å²) >= 11 is 0. The molecule has 3 heteroatoms. The number of carbonyl (C=O) groups is 1. The summed E-state index contributed by atoms with van der Waals surface area (Å²) in [5.41, 5.74) is 0.886. The van der Waals surface area contributed by atoms with Gasteiger partial charge in [0.2, 0.25) is 5.91 Å². The second-order valence-corrected chi connectivity index (χ2v) is 4.24. The van der Waals surface area contributed by atoms with Gasteiger partial charge in [0.1, 0.15) is 5.82 Å². The highest BCUT2D eigenvalue weighted by molar-refractivity contribution is 5.78. The van der Waals surface area contributed by atoms with E-state index in [-0.39, 0.29) is 11.7 Å². The van der Waals surface area contributed by atoms with Gasteiger partial charge in [0.25, 0.3) is 0 Å². The van der Waals surface area contributed by atoms with Crippen LogP contribution in [0.5, 0.6) is 0 Å². The number of rotatable bonds is 2. The van der Waals surface area contributed by atoms with Crippen molar-refractivity contribution in [3.05, 3.63) is 35.6 Å². The van der Waals surface area contributed by atoms with E-state index in [1.54, 1.807) is 12.1 Å². The lowest BCUT2D eigenvalue weighted by Gasteiger charge is -2.26. The van der Waals surface area contributed by atoms with Gasteiger partial charge in [-0.3, -0.25) is 4.79 Å². The van der Waals surface area contributed by atoms with Crippen LogP contribution in [0.2, 0.25) is 0 Å². The van der Waals surface area contributed by atoms with Gasteiger partial charge in [-0.1, -0.05) is 12.1 Å². The number of benzene rings is 1. The summed E-state index contributed by atoms with van der Waals surface area (Å²) < 4.78 is 12.7. The maximum Gasteiger partial charge on any atom is 0.226 e. The number of piperidine rings is 1. The minimum absolute atomic E-state index is 0.159. The van der Waals surface area contributed by atoms with Crippen LogP contribution < -0.4 is 0 Å². The second-order valence-electron chi connectivity index (χ2n) is 4.24. The molecule has 1 aliphatic heterocycles. The van der Waals surface area contributed by atoms with E-state index in [1.165, 1.54) is 18.6 Å². The molecule has 16 heavy (non-hydrogen) atoms. The molecule has 0 atom stereocenters. The van der Waals surface area contributed by atoms with Crippen molar-refractivity contribution >= 4 is 5.91 Å². The van der Waals surface area contributed by atoms with Gasteiger partial charge in [-0.05, 0) is 37.0 Å². The lowest BCUT2D eigenvalue weighted by atomic mass is 10.1. The molecule has 1 saturated heterocycles. The van der Waals surface area contributed by atoms with Gasteiger partial charge in [0.15, 0.2) is 0 Å². The monoisotopic (exact) mass is 221 g/mol. The molecule has 2 nitrogen and oxygen atoms in total. The SMILES string of the molecule is O=C(Cc1ccc(F)cc1)N1CCCCC1. The molecule has 0 aromatic heterocycles.